The van der Waals surface area contributed by atoms with Crippen LogP contribution in [0.3, 0.4) is 0 Å². The Labute approximate surface area is 122 Å². The van der Waals surface area contributed by atoms with Gasteiger partial charge in [0, 0.05) is 13.1 Å². The topological polar surface area (TPSA) is 3.24 Å². The summed E-state index contributed by atoms with van der Waals surface area (Å²) in [6, 6.07) is 0. The van der Waals surface area contributed by atoms with E-state index in [2.05, 4.69) is 32.3 Å². The third-order valence-electron chi connectivity index (χ3n) is 4.28. The molecule has 1 atom stereocenters. The molecule has 1 saturated heterocycles. The molecule has 0 amide bonds. The first kappa shape index (κ1) is 18.7. The van der Waals surface area contributed by atoms with Crippen molar-refractivity contribution in [3.63, 3.8) is 0 Å². The number of nitrogens with zero attached hydrogens (tertiary/aromatic N) is 1. The van der Waals surface area contributed by atoms with Gasteiger partial charge in [-0.05, 0) is 44.1 Å². The largest absolute Gasteiger partial charge is 0.303 e. The second kappa shape index (κ2) is 11.5. The van der Waals surface area contributed by atoms with E-state index in [1.54, 1.807) is 0 Å². The van der Waals surface area contributed by atoms with Crippen LogP contribution in [0.1, 0.15) is 73.1 Å². The minimum absolute atomic E-state index is 0.948. The summed E-state index contributed by atoms with van der Waals surface area (Å²) in [5.74, 6) is 1.97. The second-order valence-corrected chi connectivity index (χ2v) is 5.91. The molecule has 1 aliphatic heterocycles. The van der Waals surface area contributed by atoms with Gasteiger partial charge in [0.1, 0.15) is 0 Å². The molecule has 1 nitrogen and oxygen atoms in total. The molecule has 0 spiro atoms. The van der Waals surface area contributed by atoms with Crippen molar-refractivity contribution >= 4 is 0 Å². The fourth-order valence-corrected chi connectivity index (χ4v) is 2.61. The van der Waals surface area contributed by atoms with E-state index in [-0.39, 0.29) is 0 Å². The van der Waals surface area contributed by atoms with E-state index >= 15 is 0 Å². The average molecular weight is 268 g/mol. The highest BCUT2D eigenvalue weighted by Crippen LogP contribution is 2.24. The first-order valence-electron chi connectivity index (χ1n) is 8.54. The van der Waals surface area contributed by atoms with Crippen LogP contribution in [-0.4, -0.2) is 24.5 Å². The SMILES string of the molecule is C=C1CCCC(C)CC1.CC.CCC1CN(CC)C1. The Balaban J connectivity index is 0.000000303. The van der Waals surface area contributed by atoms with Crippen molar-refractivity contribution in [2.45, 2.75) is 73.1 Å². The summed E-state index contributed by atoms with van der Waals surface area (Å²) in [6.45, 7) is 18.8. The summed E-state index contributed by atoms with van der Waals surface area (Å²) in [6.07, 6.45) is 8.10. The smallest absolute Gasteiger partial charge is 0.00218 e. The quantitative estimate of drug-likeness (QED) is 0.470. The van der Waals surface area contributed by atoms with E-state index in [0.29, 0.717) is 0 Å². The highest BCUT2D eigenvalue weighted by atomic mass is 15.2. The zero-order valence-corrected chi connectivity index (χ0v) is 14.2. The third kappa shape index (κ3) is 8.47. The highest BCUT2D eigenvalue weighted by Gasteiger charge is 2.22. The Kier molecular flexibility index (Phi) is 11.3. The van der Waals surface area contributed by atoms with Gasteiger partial charge in [0.05, 0.1) is 0 Å². The maximum atomic E-state index is 4.01. The predicted octanol–water partition coefficient (Wildman–Crippen LogP) is 5.52. The lowest BCUT2D eigenvalue weighted by Crippen LogP contribution is -2.45. The summed E-state index contributed by atoms with van der Waals surface area (Å²) < 4.78 is 0. The monoisotopic (exact) mass is 267 g/mol. The number of allylic oxidation sites excluding steroid dienone is 1. The maximum Gasteiger partial charge on any atom is 0.00218 e. The van der Waals surface area contributed by atoms with Gasteiger partial charge in [-0.1, -0.05) is 59.6 Å². The molecule has 1 heterocycles. The normalized spacial score (nSPS) is 24.3. The van der Waals surface area contributed by atoms with Crippen LogP contribution in [0.2, 0.25) is 0 Å². The fourth-order valence-electron chi connectivity index (χ4n) is 2.61. The zero-order valence-electron chi connectivity index (χ0n) is 14.2. The van der Waals surface area contributed by atoms with Crippen molar-refractivity contribution in [2.75, 3.05) is 19.6 Å². The molecule has 0 bridgehead atoms. The van der Waals surface area contributed by atoms with Crippen LogP contribution in [-0.2, 0) is 0 Å². The number of hydrogen-bond donors (Lipinski definition) is 0. The van der Waals surface area contributed by atoms with Gasteiger partial charge in [-0.3, -0.25) is 0 Å². The molecule has 1 unspecified atom stereocenters. The van der Waals surface area contributed by atoms with E-state index in [1.807, 2.05) is 13.8 Å². The van der Waals surface area contributed by atoms with Crippen molar-refractivity contribution in [2.24, 2.45) is 11.8 Å². The summed E-state index contributed by atoms with van der Waals surface area (Å²) in [5, 5.41) is 0. The molecule has 1 saturated carbocycles. The number of likely N-dealkylation sites (tertiary alicyclic amines) is 1. The minimum atomic E-state index is 0.948. The maximum absolute atomic E-state index is 4.01. The lowest BCUT2D eigenvalue weighted by atomic mass is 9.98. The summed E-state index contributed by atoms with van der Waals surface area (Å²) in [7, 11) is 0. The first-order chi connectivity index (χ1) is 9.15. The Hall–Kier alpha value is -0.300. The molecule has 2 fully saturated rings. The lowest BCUT2D eigenvalue weighted by molar-refractivity contribution is 0.105. The molecule has 2 aliphatic rings. The molecule has 2 rings (SSSR count). The Bertz CT molecular complexity index is 208. The Morgan fingerprint density at radius 2 is 1.74 bits per heavy atom. The molecular formula is C18H37N. The summed E-state index contributed by atoms with van der Waals surface area (Å²) >= 11 is 0. The van der Waals surface area contributed by atoms with Gasteiger partial charge in [0.2, 0.25) is 0 Å². The first-order valence-corrected chi connectivity index (χ1v) is 8.54. The van der Waals surface area contributed by atoms with Crippen LogP contribution >= 0.6 is 0 Å². The lowest BCUT2D eigenvalue weighted by Gasteiger charge is -2.37. The van der Waals surface area contributed by atoms with E-state index in [4.69, 9.17) is 0 Å². The standard InChI is InChI=1S/C9H16.C7H15N.C2H6/c1-8-4-3-5-9(2)7-6-8;1-3-7-5-8(4-2)6-7;1-2/h9H,1,3-7H2,2H3;7H,3-6H2,1-2H3;1-2H3. The zero-order chi connectivity index (χ0) is 14.7. The van der Waals surface area contributed by atoms with Gasteiger partial charge in [-0.25, -0.2) is 0 Å². The highest BCUT2D eigenvalue weighted by molar-refractivity contribution is 4.95. The van der Waals surface area contributed by atoms with E-state index in [9.17, 15) is 0 Å². The average Bonchev–Trinajstić information content (AvgIpc) is 2.57. The van der Waals surface area contributed by atoms with E-state index in [1.165, 1.54) is 63.7 Å². The molecule has 0 N–H and O–H groups in total. The van der Waals surface area contributed by atoms with Gasteiger partial charge in [-0.15, -0.1) is 0 Å². The molecule has 114 valence electrons. The number of rotatable bonds is 2. The van der Waals surface area contributed by atoms with Crippen LogP contribution in [0, 0.1) is 11.8 Å². The van der Waals surface area contributed by atoms with Crippen LogP contribution in [0.4, 0.5) is 0 Å². The van der Waals surface area contributed by atoms with Crippen molar-refractivity contribution in [1.29, 1.82) is 0 Å². The van der Waals surface area contributed by atoms with Crippen LogP contribution in [0.15, 0.2) is 12.2 Å². The molecule has 1 aliphatic carbocycles. The van der Waals surface area contributed by atoms with Crippen molar-refractivity contribution < 1.29 is 0 Å². The van der Waals surface area contributed by atoms with Crippen LogP contribution in [0.5, 0.6) is 0 Å². The van der Waals surface area contributed by atoms with Crippen LogP contribution in [0.25, 0.3) is 0 Å². The van der Waals surface area contributed by atoms with Gasteiger partial charge in [0.25, 0.3) is 0 Å². The number of hydrogen-bond acceptors (Lipinski definition) is 1. The Morgan fingerprint density at radius 1 is 1.11 bits per heavy atom. The van der Waals surface area contributed by atoms with Crippen molar-refractivity contribution in [3.05, 3.63) is 12.2 Å². The van der Waals surface area contributed by atoms with Crippen molar-refractivity contribution in [3.8, 4) is 0 Å². The second-order valence-electron chi connectivity index (χ2n) is 5.91. The minimum Gasteiger partial charge on any atom is -0.303 e. The van der Waals surface area contributed by atoms with E-state index < -0.39 is 0 Å². The summed E-state index contributed by atoms with van der Waals surface area (Å²) in [5.41, 5.74) is 1.47. The molecule has 0 radical (unpaired) electrons. The van der Waals surface area contributed by atoms with E-state index in [0.717, 1.165) is 11.8 Å². The van der Waals surface area contributed by atoms with Crippen LogP contribution < -0.4 is 0 Å². The van der Waals surface area contributed by atoms with Crippen molar-refractivity contribution in [1.82, 2.24) is 4.90 Å². The molecule has 0 aromatic carbocycles. The third-order valence-corrected chi connectivity index (χ3v) is 4.28. The predicted molar refractivity (Wildman–Crippen MR) is 88.6 cm³/mol. The molecule has 19 heavy (non-hydrogen) atoms. The van der Waals surface area contributed by atoms with Gasteiger partial charge < -0.3 is 4.90 Å². The van der Waals surface area contributed by atoms with Gasteiger partial charge >= 0.3 is 0 Å². The summed E-state index contributed by atoms with van der Waals surface area (Å²) in [4.78, 5) is 2.48. The molecule has 1 heteroatoms. The van der Waals surface area contributed by atoms with Gasteiger partial charge in [0.15, 0.2) is 0 Å². The Morgan fingerprint density at radius 3 is 2.26 bits per heavy atom. The molecule has 0 aromatic heterocycles. The molecular weight excluding hydrogens is 230 g/mol. The molecule has 0 aromatic rings. The fraction of sp³-hybridized carbons (Fsp3) is 0.889. The van der Waals surface area contributed by atoms with Gasteiger partial charge in [-0.2, -0.15) is 0 Å².